The van der Waals surface area contributed by atoms with Gasteiger partial charge in [-0.3, -0.25) is 4.79 Å². The third kappa shape index (κ3) is 4.82. The predicted molar refractivity (Wildman–Crippen MR) is 103 cm³/mol. The molecule has 0 N–H and O–H groups in total. The van der Waals surface area contributed by atoms with Crippen LogP contribution in [0, 0.1) is 29.1 Å². The highest BCUT2D eigenvalue weighted by Crippen LogP contribution is 2.49. The number of rotatable bonds is 6. The summed E-state index contributed by atoms with van der Waals surface area (Å²) >= 11 is 11.3. The molecule has 0 heterocycles. The van der Waals surface area contributed by atoms with E-state index in [-0.39, 0.29) is 22.2 Å². The quantitative estimate of drug-likeness (QED) is 0.574. The first-order valence-corrected chi connectivity index (χ1v) is 9.21. The van der Waals surface area contributed by atoms with Gasteiger partial charge in [-0.1, -0.05) is 60.5 Å². The number of esters is 1. The molecule has 0 spiro atoms. The minimum absolute atomic E-state index is 0.0606. The lowest BCUT2D eigenvalue weighted by Gasteiger charge is -2.13. The highest BCUT2D eigenvalue weighted by Gasteiger charge is 2.52. The largest absolute Gasteiger partial charge is 0.457 e. The van der Waals surface area contributed by atoms with E-state index < -0.39 is 12.1 Å². The van der Waals surface area contributed by atoms with E-state index in [0.29, 0.717) is 17.1 Å². The van der Waals surface area contributed by atoms with Crippen molar-refractivity contribution < 1.29 is 14.3 Å². The van der Waals surface area contributed by atoms with E-state index in [0.717, 1.165) is 0 Å². The molecule has 1 fully saturated rings. The van der Waals surface area contributed by atoms with E-state index in [9.17, 15) is 10.1 Å². The molecule has 2 aromatic carbocycles. The lowest BCUT2D eigenvalue weighted by atomic mass is 10.1. The molecule has 1 unspecified atom stereocenters. The van der Waals surface area contributed by atoms with Gasteiger partial charge in [0.15, 0.2) is 0 Å². The molecule has 2 aromatic rings. The fraction of sp³-hybridized carbons (Fsp3) is 0.238. The highest BCUT2D eigenvalue weighted by molar-refractivity contribution is 6.55. The number of allylic oxidation sites excluding steroid dienone is 1. The van der Waals surface area contributed by atoms with Crippen LogP contribution in [-0.4, -0.2) is 5.97 Å². The number of nitriles is 1. The number of para-hydroxylation sites is 1. The van der Waals surface area contributed by atoms with Gasteiger partial charge in [0.25, 0.3) is 0 Å². The first-order valence-electron chi connectivity index (χ1n) is 8.45. The molecule has 138 valence electrons. The second kappa shape index (κ2) is 8.47. The van der Waals surface area contributed by atoms with Gasteiger partial charge in [-0.05, 0) is 42.2 Å². The molecule has 0 radical (unpaired) electrons. The van der Waals surface area contributed by atoms with Gasteiger partial charge in [-0.15, -0.1) is 0 Å². The molecule has 0 aromatic heterocycles. The molecule has 0 aliphatic heterocycles. The first-order chi connectivity index (χ1) is 13.0. The Morgan fingerprint density at radius 1 is 1.15 bits per heavy atom. The van der Waals surface area contributed by atoms with Crippen molar-refractivity contribution in [2.24, 2.45) is 17.8 Å². The van der Waals surface area contributed by atoms with E-state index in [1.807, 2.05) is 43.3 Å². The molecule has 0 saturated heterocycles. The summed E-state index contributed by atoms with van der Waals surface area (Å²) in [6, 6.07) is 18.3. The number of benzene rings is 2. The maximum Gasteiger partial charge on any atom is 0.311 e. The Balaban J connectivity index is 1.69. The lowest BCUT2D eigenvalue weighted by molar-refractivity contribution is -0.149. The Morgan fingerprint density at radius 3 is 2.52 bits per heavy atom. The number of nitrogens with zero attached hydrogens (tertiary/aromatic N) is 1. The molecular formula is C21H17Cl2NO3. The molecule has 1 aliphatic rings. The molecule has 0 amide bonds. The minimum Gasteiger partial charge on any atom is -0.457 e. The SMILES string of the molecule is CC1[C@@H](C(=O)O[C@@H](C#N)c2cccc(Oc3ccccc3)c2)[C@H]1C=C(Cl)Cl. The van der Waals surface area contributed by atoms with Crippen LogP contribution in [0.1, 0.15) is 18.6 Å². The van der Waals surface area contributed by atoms with Crippen LogP contribution >= 0.6 is 23.2 Å². The average molecular weight is 402 g/mol. The van der Waals surface area contributed by atoms with Crippen molar-refractivity contribution in [3.63, 3.8) is 0 Å². The van der Waals surface area contributed by atoms with Crippen molar-refractivity contribution in [3.8, 4) is 17.6 Å². The summed E-state index contributed by atoms with van der Waals surface area (Å²) < 4.78 is 11.3. The van der Waals surface area contributed by atoms with E-state index in [1.54, 1.807) is 30.3 Å². The van der Waals surface area contributed by atoms with E-state index in [2.05, 4.69) is 0 Å². The van der Waals surface area contributed by atoms with Gasteiger partial charge in [0.1, 0.15) is 22.1 Å². The predicted octanol–water partition coefficient (Wildman–Crippen LogP) is 5.79. The standard InChI is InChI=1S/C21H17Cl2NO3/c1-13-17(11-19(22)23)20(13)21(25)27-18(12-24)14-6-5-9-16(10-14)26-15-7-3-2-4-8-15/h2-11,13,17-18,20H,1H3/t13?,17-,18-,20+/m0/s1. The van der Waals surface area contributed by atoms with Crippen LogP contribution in [0.5, 0.6) is 11.5 Å². The van der Waals surface area contributed by atoms with Gasteiger partial charge >= 0.3 is 5.97 Å². The number of hydrogen-bond acceptors (Lipinski definition) is 4. The Kier molecular flexibility index (Phi) is 6.05. The monoisotopic (exact) mass is 401 g/mol. The van der Waals surface area contributed by atoms with Crippen molar-refractivity contribution in [2.75, 3.05) is 0 Å². The van der Waals surface area contributed by atoms with Crippen LogP contribution in [0.3, 0.4) is 0 Å². The van der Waals surface area contributed by atoms with Gasteiger partial charge in [-0.25, -0.2) is 0 Å². The first kappa shape index (κ1) is 19.3. The summed E-state index contributed by atoms with van der Waals surface area (Å²) in [5.41, 5.74) is 0.551. The zero-order valence-electron chi connectivity index (χ0n) is 14.5. The maximum absolute atomic E-state index is 12.4. The van der Waals surface area contributed by atoms with Gasteiger partial charge in [0.2, 0.25) is 6.10 Å². The molecule has 1 aliphatic carbocycles. The van der Waals surface area contributed by atoms with Crippen molar-refractivity contribution in [1.29, 1.82) is 5.26 Å². The Morgan fingerprint density at radius 2 is 1.85 bits per heavy atom. The normalized spacial score (nSPS) is 21.5. The zero-order valence-corrected chi connectivity index (χ0v) is 16.0. The summed E-state index contributed by atoms with van der Waals surface area (Å²) in [5.74, 6) is 0.493. The number of hydrogen-bond donors (Lipinski definition) is 0. The van der Waals surface area contributed by atoms with E-state index >= 15 is 0 Å². The average Bonchev–Trinajstić information content (AvgIpc) is 3.28. The summed E-state index contributed by atoms with van der Waals surface area (Å²) in [7, 11) is 0. The molecule has 0 bridgehead atoms. The third-order valence-corrected chi connectivity index (χ3v) is 4.78. The molecule has 1 saturated carbocycles. The van der Waals surface area contributed by atoms with Crippen LogP contribution in [0.2, 0.25) is 0 Å². The lowest BCUT2D eigenvalue weighted by Crippen LogP contribution is -2.13. The van der Waals surface area contributed by atoms with Crippen molar-refractivity contribution >= 4 is 29.2 Å². The number of carbonyl (C=O) groups is 1. The summed E-state index contributed by atoms with van der Waals surface area (Å²) in [5, 5.41) is 9.47. The van der Waals surface area contributed by atoms with Crippen molar-refractivity contribution in [2.45, 2.75) is 13.0 Å². The molecule has 4 atom stereocenters. The van der Waals surface area contributed by atoms with E-state index in [1.165, 1.54) is 0 Å². The fourth-order valence-electron chi connectivity index (χ4n) is 3.00. The number of halogens is 2. The van der Waals surface area contributed by atoms with E-state index in [4.69, 9.17) is 32.7 Å². The second-order valence-corrected chi connectivity index (χ2v) is 7.36. The smallest absolute Gasteiger partial charge is 0.311 e. The van der Waals surface area contributed by atoms with Crippen molar-refractivity contribution in [3.05, 3.63) is 70.7 Å². The van der Waals surface area contributed by atoms with Crippen LogP contribution in [-0.2, 0) is 9.53 Å². The Bertz CT molecular complexity index is 888. The topological polar surface area (TPSA) is 59.3 Å². The van der Waals surface area contributed by atoms with Crippen LogP contribution in [0.25, 0.3) is 0 Å². The zero-order chi connectivity index (χ0) is 19.4. The second-order valence-electron chi connectivity index (χ2n) is 6.35. The summed E-state index contributed by atoms with van der Waals surface area (Å²) in [6.45, 7) is 1.92. The Hall–Kier alpha value is -2.48. The van der Waals surface area contributed by atoms with Crippen LogP contribution < -0.4 is 4.74 Å². The fourth-order valence-corrected chi connectivity index (χ4v) is 3.29. The minimum atomic E-state index is -1.01. The molecule has 4 nitrogen and oxygen atoms in total. The highest BCUT2D eigenvalue weighted by atomic mass is 35.5. The summed E-state index contributed by atoms with van der Waals surface area (Å²) in [6.07, 6.45) is 0.621. The third-order valence-electron chi connectivity index (χ3n) is 4.53. The molecule has 3 rings (SSSR count). The summed E-state index contributed by atoms with van der Waals surface area (Å²) in [4.78, 5) is 12.4. The Labute approximate surface area is 167 Å². The molecule has 6 heteroatoms. The van der Waals surface area contributed by atoms with Crippen LogP contribution in [0.15, 0.2) is 65.2 Å². The van der Waals surface area contributed by atoms with Gasteiger partial charge in [0.05, 0.1) is 5.92 Å². The van der Waals surface area contributed by atoms with Crippen molar-refractivity contribution in [1.82, 2.24) is 0 Å². The molecule has 27 heavy (non-hydrogen) atoms. The van der Waals surface area contributed by atoms with Crippen LogP contribution in [0.4, 0.5) is 0 Å². The number of carbonyl (C=O) groups excluding carboxylic acids is 1. The van der Waals surface area contributed by atoms with Gasteiger partial charge < -0.3 is 9.47 Å². The number of ether oxygens (including phenoxy) is 2. The van der Waals surface area contributed by atoms with Gasteiger partial charge in [-0.2, -0.15) is 5.26 Å². The van der Waals surface area contributed by atoms with Gasteiger partial charge in [0, 0.05) is 5.56 Å². The molecular weight excluding hydrogens is 385 g/mol. The maximum atomic E-state index is 12.4.